The molecule has 0 amide bonds. The number of pyridine rings is 1. The van der Waals surface area contributed by atoms with Gasteiger partial charge in [-0.3, -0.25) is 4.98 Å². The molecule has 0 atom stereocenters. The number of carbonyl (C=O) groups is 1. The van der Waals surface area contributed by atoms with Crippen LogP contribution in [0.1, 0.15) is 21.7 Å². The van der Waals surface area contributed by atoms with Crippen LogP contribution in [0.2, 0.25) is 0 Å². The molecular formula is C11H9BrN2O3. The average molecular weight is 297 g/mol. The van der Waals surface area contributed by atoms with E-state index in [1.807, 2.05) is 13.0 Å². The fraction of sp³-hybridized carbons (Fsp3) is 0.182. The Labute approximate surface area is 106 Å². The van der Waals surface area contributed by atoms with E-state index in [9.17, 15) is 4.79 Å². The van der Waals surface area contributed by atoms with Crippen molar-refractivity contribution < 1.29 is 14.4 Å². The standard InChI is InChI=1S/C11H9BrN2O3/c1-5-3-7(12)4-13-9(5)10-8(11(15)16)6(2)17-14-10/h3-4H,1-2H3,(H,15,16). The fourth-order valence-electron chi connectivity index (χ4n) is 1.57. The lowest BCUT2D eigenvalue weighted by Gasteiger charge is -2.02. The molecule has 88 valence electrons. The molecule has 0 saturated carbocycles. The number of hydrogen-bond donors (Lipinski definition) is 1. The minimum atomic E-state index is -1.07. The molecule has 0 aliphatic rings. The molecule has 17 heavy (non-hydrogen) atoms. The van der Waals surface area contributed by atoms with Crippen molar-refractivity contribution in [3.63, 3.8) is 0 Å². The van der Waals surface area contributed by atoms with E-state index in [-0.39, 0.29) is 17.0 Å². The summed E-state index contributed by atoms with van der Waals surface area (Å²) in [4.78, 5) is 15.3. The second-order valence-corrected chi connectivity index (χ2v) is 4.50. The topological polar surface area (TPSA) is 76.2 Å². The highest BCUT2D eigenvalue weighted by atomic mass is 79.9. The molecule has 0 aromatic carbocycles. The van der Waals surface area contributed by atoms with Gasteiger partial charge < -0.3 is 9.63 Å². The normalized spacial score (nSPS) is 10.5. The number of carboxylic acid groups (broad SMARTS) is 1. The van der Waals surface area contributed by atoms with E-state index in [1.54, 1.807) is 13.1 Å². The van der Waals surface area contributed by atoms with Crippen LogP contribution in [0.3, 0.4) is 0 Å². The second kappa shape index (κ2) is 4.29. The van der Waals surface area contributed by atoms with Crippen molar-refractivity contribution in [2.24, 2.45) is 0 Å². The van der Waals surface area contributed by atoms with Gasteiger partial charge in [-0.25, -0.2) is 4.79 Å². The summed E-state index contributed by atoms with van der Waals surface area (Å²) in [6.45, 7) is 3.40. The van der Waals surface area contributed by atoms with Crippen LogP contribution in [-0.2, 0) is 0 Å². The summed E-state index contributed by atoms with van der Waals surface area (Å²) < 4.78 is 5.74. The van der Waals surface area contributed by atoms with Crippen LogP contribution < -0.4 is 0 Å². The van der Waals surface area contributed by atoms with Gasteiger partial charge in [0, 0.05) is 10.7 Å². The van der Waals surface area contributed by atoms with Crippen LogP contribution in [-0.4, -0.2) is 21.2 Å². The minimum Gasteiger partial charge on any atom is -0.477 e. The maximum atomic E-state index is 11.1. The van der Waals surface area contributed by atoms with E-state index < -0.39 is 5.97 Å². The molecule has 0 radical (unpaired) electrons. The van der Waals surface area contributed by atoms with Gasteiger partial charge in [0.15, 0.2) is 0 Å². The highest BCUT2D eigenvalue weighted by Gasteiger charge is 2.22. The minimum absolute atomic E-state index is 0.0583. The number of carboxylic acids is 1. The second-order valence-electron chi connectivity index (χ2n) is 3.59. The van der Waals surface area contributed by atoms with E-state index in [2.05, 4.69) is 26.1 Å². The Morgan fingerprint density at radius 2 is 2.12 bits per heavy atom. The van der Waals surface area contributed by atoms with Gasteiger partial charge in [0.05, 0.1) is 5.69 Å². The van der Waals surface area contributed by atoms with Crippen molar-refractivity contribution in [2.45, 2.75) is 13.8 Å². The molecular weight excluding hydrogens is 288 g/mol. The van der Waals surface area contributed by atoms with Gasteiger partial charge >= 0.3 is 5.97 Å². The fourth-order valence-corrected chi connectivity index (χ4v) is 2.02. The summed E-state index contributed by atoms with van der Waals surface area (Å²) in [5, 5.41) is 12.9. The number of nitrogens with zero attached hydrogens (tertiary/aromatic N) is 2. The molecule has 0 spiro atoms. The van der Waals surface area contributed by atoms with Crippen molar-refractivity contribution >= 4 is 21.9 Å². The Morgan fingerprint density at radius 3 is 2.71 bits per heavy atom. The molecule has 5 nitrogen and oxygen atoms in total. The zero-order chi connectivity index (χ0) is 12.6. The molecule has 1 N–H and O–H groups in total. The number of rotatable bonds is 2. The van der Waals surface area contributed by atoms with Crippen LogP contribution in [0, 0.1) is 13.8 Å². The van der Waals surface area contributed by atoms with Gasteiger partial charge in [0.2, 0.25) is 0 Å². The first-order valence-electron chi connectivity index (χ1n) is 4.82. The number of aryl methyl sites for hydroxylation is 2. The summed E-state index contributed by atoms with van der Waals surface area (Å²) in [6, 6.07) is 1.85. The van der Waals surface area contributed by atoms with Crippen molar-refractivity contribution in [3.8, 4) is 11.4 Å². The lowest BCUT2D eigenvalue weighted by atomic mass is 10.1. The summed E-state index contributed by atoms with van der Waals surface area (Å²) in [7, 11) is 0. The van der Waals surface area contributed by atoms with Crippen molar-refractivity contribution in [1.82, 2.24) is 10.1 Å². The summed E-state index contributed by atoms with van der Waals surface area (Å²) >= 11 is 3.30. The summed E-state index contributed by atoms with van der Waals surface area (Å²) in [5.41, 5.74) is 1.67. The Kier molecular flexibility index (Phi) is 2.97. The Morgan fingerprint density at radius 1 is 1.41 bits per heavy atom. The van der Waals surface area contributed by atoms with Crippen LogP contribution in [0.5, 0.6) is 0 Å². The number of aromatic carboxylic acids is 1. The summed E-state index contributed by atoms with van der Waals surface area (Å²) in [5.74, 6) is -0.792. The average Bonchev–Trinajstić information content (AvgIpc) is 2.60. The molecule has 0 fully saturated rings. The maximum Gasteiger partial charge on any atom is 0.341 e. The smallest absolute Gasteiger partial charge is 0.341 e. The van der Waals surface area contributed by atoms with Gasteiger partial charge in [-0.2, -0.15) is 0 Å². The van der Waals surface area contributed by atoms with Crippen LogP contribution in [0.4, 0.5) is 0 Å². The first-order chi connectivity index (χ1) is 8.00. The molecule has 2 aromatic rings. The largest absolute Gasteiger partial charge is 0.477 e. The highest BCUT2D eigenvalue weighted by molar-refractivity contribution is 9.10. The number of hydrogen-bond acceptors (Lipinski definition) is 4. The van der Waals surface area contributed by atoms with Gasteiger partial charge in [-0.15, -0.1) is 0 Å². The monoisotopic (exact) mass is 296 g/mol. The third-order valence-corrected chi connectivity index (χ3v) is 2.78. The molecule has 0 unspecified atom stereocenters. The molecule has 2 rings (SSSR count). The van der Waals surface area contributed by atoms with Crippen LogP contribution in [0.15, 0.2) is 21.3 Å². The molecule has 2 heterocycles. The van der Waals surface area contributed by atoms with Crippen molar-refractivity contribution in [1.29, 1.82) is 0 Å². The van der Waals surface area contributed by atoms with Crippen LogP contribution >= 0.6 is 15.9 Å². The van der Waals surface area contributed by atoms with E-state index in [4.69, 9.17) is 9.63 Å². The van der Waals surface area contributed by atoms with Gasteiger partial charge in [0.25, 0.3) is 0 Å². The van der Waals surface area contributed by atoms with Gasteiger partial charge in [-0.05, 0) is 41.4 Å². The van der Waals surface area contributed by atoms with Crippen LogP contribution in [0.25, 0.3) is 11.4 Å². The highest BCUT2D eigenvalue weighted by Crippen LogP contribution is 2.27. The first kappa shape index (κ1) is 11.8. The lowest BCUT2D eigenvalue weighted by Crippen LogP contribution is -2.01. The quantitative estimate of drug-likeness (QED) is 0.922. The zero-order valence-corrected chi connectivity index (χ0v) is 10.8. The summed E-state index contributed by atoms with van der Waals surface area (Å²) in [6.07, 6.45) is 1.60. The Hall–Kier alpha value is -1.69. The Bertz CT molecular complexity index is 592. The molecule has 0 saturated heterocycles. The zero-order valence-electron chi connectivity index (χ0n) is 9.19. The van der Waals surface area contributed by atoms with Gasteiger partial charge in [0.1, 0.15) is 17.0 Å². The number of aromatic nitrogens is 2. The van der Waals surface area contributed by atoms with E-state index in [0.717, 1.165) is 10.0 Å². The first-order valence-corrected chi connectivity index (χ1v) is 5.62. The van der Waals surface area contributed by atoms with Crippen molar-refractivity contribution in [2.75, 3.05) is 0 Å². The molecule has 6 heteroatoms. The lowest BCUT2D eigenvalue weighted by molar-refractivity contribution is 0.0695. The van der Waals surface area contributed by atoms with Gasteiger partial charge in [-0.1, -0.05) is 5.16 Å². The molecule has 0 aliphatic carbocycles. The SMILES string of the molecule is Cc1cc(Br)cnc1-c1noc(C)c1C(=O)O. The van der Waals surface area contributed by atoms with E-state index in [1.165, 1.54) is 0 Å². The van der Waals surface area contributed by atoms with Crippen molar-refractivity contribution in [3.05, 3.63) is 33.6 Å². The Balaban J connectivity index is 2.65. The van der Waals surface area contributed by atoms with E-state index in [0.29, 0.717) is 5.69 Å². The predicted molar refractivity (Wildman–Crippen MR) is 63.9 cm³/mol. The molecule has 2 aromatic heterocycles. The number of halogens is 1. The predicted octanol–water partition coefficient (Wildman–Crippen LogP) is 2.81. The molecule has 0 bridgehead atoms. The van der Waals surface area contributed by atoms with E-state index >= 15 is 0 Å². The molecule has 0 aliphatic heterocycles. The third-order valence-electron chi connectivity index (χ3n) is 2.35. The maximum absolute atomic E-state index is 11.1. The third kappa shape index (κ3) is 2.08.